The lowest BCUT2D eigenvalue weighted by atomic mass is 10.00. The largest absolute Gasteiger partial charge is 0.378 e. The molecule has 0 spiro atoms. The molecule has 0 saturated carbocycles. The zero-order valence-corrected chi connectivity index (χ0v) is 10.2. The molecule has 1 N–H and O–H groups in total. The predicted octanol–water partition coefficient (Wildman–Crippen LogP) is 0.764. The van der Waals surface area contributed by atoms with Crippen LogP contribution in [0.15, 0.2) is 0 Å². The van der Waals surface area contributed by atoms with Crippen LogP contribution < -0.4 is 5.32 Å². The van der Waals surface area contributed by atoms with E-state index in [0.717, 1.165) is 32.4 Å². The Morgan fingerprint density at radius 2 is 2.19 bits per heavy atom. The molecule has 2 fully saturated rings. The highest BCUT2D eigenvalue weighted by Gasteiger charge is 2.26. The van der Waals surface area contributed by atoms with Gasteiger partial charge in [-0.2, -0.15) is 0 Å². The van der Waals surface area contributed by atoms with Crippen LogP contribution in [-0.4, -0.2) is 49.2 Å². The SMILES string of the molecule is CC1CC(NC2CCC(=O)N(C)C2)CCO1. The number of nitrogens with zero attached hydrogens (tertiary/aromatic N) is 1. The first kappa shape index (κ1) is 11.9. The first-order chi connectivity index (χ1) is 7.65. The van der Waals surface area contributed by atoms with E-state index >= 15 is 0 Å². The van der Waals surface area contributed by atoms with E-state index in [1.165, 1.54) is 0 Å². The summed E-state index contributed by atoms with van der Waals surface area (Å²) in [7, 11) is 1.89. The molecule has 0 aliphatic carbocycles. The van der Waals surface area contributed by atoms with Gasteiger partial charge in [-0.25, -0.2) is 0 Å². The summed E-state index contributed by atoms with van der Waals surface area (Å²) in [5.74, 6) is 0.276. The van der Waals surface area contributed by atoms with Crippen molar-refractivity contribution in [3.05, 3.63) is 0 Å². The Morgan fingerprint density at radius 1 is 1.38 bits per heavy atom. The molecule has 0 aromatic rings. The fourth-order valence-corrected chi connectivity index (χ4v) is 2.63. The van der Waals surface area contributed by atoms with Gasteiger partial charge in [-0.1, -0.05) is 0 Å². The Labute approximate surface area is 97.3 Å². The van der Waals surface area contributed by atoms with Gasteiger partial charge in [-0.15, -0.1) is 0 Å². The second kappa shape index (κ2) is 5.15. The number of likely N-dealkylation sites (tertiary alicyclic amines) is 1. The van der Waals surface area contributed by atoms with E-state index < -0.39 is 0 Å². The number of hydrogen-bond acceptors (Lipinski definition) is 3. The average Bonchev–Trinajstić information content (AvgIpc) is 2.24. The van der Waals surface area contributed by atoms with Crippen LogP contribution in [0, 0.1) is 0 Å². The zero-order valence-electron chi connectivity index (χ0n) is 10.2. The summed E-state index contributed by atoms with van der Waals surface area (Å²) in [6, 6.07) is 1.04. The third kappa shape index (κ3) is 2.95. The van der Waals surface area contributed by atoms with Crippen molar-refractivity contribution in [2.75, 3.05) is 20.2 Å². The monoisotopic (exact) mass is 226 g/mol. The Kier molecular flexibility index (Phi) is 3.82. The van der Waals surface area contributed by atoms with Crippen LogP contribution >= 0.6 is 0 Å². The molecule has 0 aromatic carbocycles. The molecule has 4 nitrogen and oxygen atoms in total. The maximum absolute atomic E-state index is 11.4. The molecule has 2 aliphatic rings. The lowest BCUT2D eigenvalue weighted by Gasteiger charge is -2.35. The van der Waals surface area contributed by atoms with E-state index in [0.29, 0.717) is 24.6 Å². The molecule has 3 unspecified atom stereocenters. The van der Waals surface area contributed by atoms with Crippen LogP contribution in [0.5, 0.6) is 0 Å². The van der Waals surface area contributed by atoms with Gasteiger partial charge in [-0.05, 0) is 26.2 Å². The number of amides is 1. The number of likely N-dealkylation sites (N-methyl/N-ethyl adjacent to an activating group) is 1. The lowest BCUT2D eigenvalue weighted by molar-refractivity contribution is -0.132. The molecule has 16 heavy (non-hydrogen) atoms. The van der Waals surface area contributed by atoms with Crippen molar-refractivity contribution in [2.45, 2.75) is 50.8 Å². The minimum Gasteiger partial charge on any atom is -0.378 e. The van der Waals surface area contributed by atoms with Gasteiger partial charge in [0.25, 0.3) is 0 Å². The molecule has 1 amide bonds. The standard InChI is InChI=1S/C12H22N2O2/c1-9-7-10(5-6-16-9)13-11-3-4-12(15)14(2)8-11/h9-11,13H,3-8H2,1-2H3. The van der Waals surface area contributed by atoms with Crippen molar-refractivity contribution >= 4 is 5.91 Å². The van der Waals surface area contributed by atoms with Crippen molar-refractivity contribution < 1.29 is 9.53 Å². The molecular weight excluding hydrogens is 204 g/mol. The van der Waals surface area contributed by atoms with Crippen LogP contribution in [0.3, 0.4) is 0 Å². The van der Waals surface area contributed by atoms with E-state index in [9.17, 15) is 4.79 Å². The second-order valence-electron chi connectivity index (χ2n) is 5.08. The molecule has 0 aromatic heterocycles. The average molecular weight is 226 g/mol. The highest BCUT2D eigenvalue weighted by molar-refractivity contribution is 5.76. The molecule has 0 bridgehead atoms. The molecule has 4 heteroatoms. The summed E-state index contributed by atoms with van der Waals surface area (Å²) in [5.41, 5.74) is 0. The van der Waals surface area contributed by atoms with Crippen LogP contribution in [0.1, 0.15) is 32.6 Å². The van der Waals surface area contributed by atoms with Crippen molar-refractivity contribution in [3.8, 4) is 0 Å². The Morgan fingerprint density at radius 3 is 2.88 bits per heavy atom. The molecular formula is C12H22N2O2. The third-order valence-corrected chi connectivity index (χ3v) is 3.58. The molecule has 2 heterocycles. The van der Waals surface area contributed by atoms with Crippen molar-refractivity contribution in [3.63, 3.8) is 0 Å². The fourth-order valence-electron chi connectivity index (χ4n) is 2.63. The molecule has 2 rings (SSSR count). The summed E-state index contributed by atoms with van der Waals surface area (Å²) >= 11 is 0. The fraction of sp³-hybridized carbons (Fsp3) is 0.917. The predicted molar refractivity (Wildman–Crippen MR) is 62.2 cm³/mol. The van der Waals surface area contributed by atoms with Gasteiger partial charge in [0.2, 0.25) is 5.91 Å². The molecule has 2 saturated heterocycles. The lowest BCUT2D eigenvalue weighted by Crippen LogP contribution is -2.51. The summed E-state index contributed by atoms with van der Waals surface area (Å²) in [4.78, 5) is 13.2. The highest BCUT2D eigenvalue weighted by Crippen LogP contribution is 2.16. The van der Waals surface area contributed by atoms with E-state index in [1.807, 2.05) is 11.9 Å². The number of carbonyl (C=O) groups is 1. The maximum Gasteiger partial charge on any atom is 0.222 e. The molecule has 92 valence electrons. The van der Waals surface area contributed by atoms with Crippen molar-refractivity contribution in [1.82, 2.24) is 10.2 Å². The molecule has 2 aliphatic heterocycles. The zero-order chi connectivity index (χ0) is 11.5. The minimum atomic E-state index is 0.276. The Bertz CT molecular complexity index is 257. The van der Waals surface area contributed by atoms with Gasteiger partial charge in [0, 0.05) is 38.7 Å². The number of ether oxygens (including phenoxy) is 1. The van der Waals surface area contributed by atoms with Gasteiger partial charge in [0.05, 0.1) is 6.10 Å². The quantitative estimate of drug-likeness (QED) is 0.756. The smallest absolute Gasteiger partial charge is 0.222 e. The van der Waals surface area contributed by atoms with Crippen molar-refractivity contribution in [2.24, 2.45) is 0 Å². The number of carbonyl (C=O) groups excluding carboxylic acids is 1. The summed E-state index contributed by atoms with van der Waals surface area (Å²) in [6.07, 6.45) is 4.23. The summed E-state index contributed by atoms with van der Waals surface area (Å²) in [6.45, 7) is 3.84. The normalized spacial score (nSPS) is 36.5. The van der Waals surface area contributed by atoms with Gasteiger partial charge in [-0.3, -0.25) is 4.79 Å². The number of nitrogens with one attached hydrogen (secondary N) is 1. The van der Waals surface area contributed by atoms with Crippen LogP contribution in [0.2, 0.25) is 0 Å². The first-order valence-electron chi connectivity index (χ1n) is 6.27. The van der Waals surface area contributed by atoms with E-state index in [4.69, 9.17) is 4.74 Å². The van der Waals surface area contributed by atoms with Gasteiger partial charge in [0.1, 0.15) is 0 Å². The van der Waals surface area contributed by atoms with Gasteiger partial charge < -0.3 is 15.0 Å². The van der Waals surface area contributed by atoms with Crippen LogP contribution in [0.25, 0.3) is 0 Å². The van der Waals surface area contributed by atoms with Gasteiger partial charge >= 0.3 is 0 Å². The molecule has 3 atom stereocenters. The van der Waals surface area contributed by atoms with Crippen LogP contribution in [0.4, 0.5) is 0 Å². The maximum atomic E-state index is 11.4. The van der Waals surface area contributed by atoms with E-state index in [-0.39, 0.29) is 5.91 Å². The summed E-state index contributed by atoms with van der Waals surface area (Å²) in [5, 5.41) is 3.67. The topological polar surface area (TPSA) is 41.6 Å². The second-order valence-corrected chi connectivity index (χ2v) is 5.08. The number of hydrogen-bond donors (Lipinski definition) is 1. The first-order valence-corrected chi connectivity index (χ1v) is 6.27. The molecule has 0 radical (unpaired) electrons. The number of piperidine rings is 1. The van der Waals surface area contributed by atoms with Crippen LogP contribution in [-0.2, 0) is 9.53 Å². The Balaban J connectivity index is 1.78. The number of rotatable bonds is 2. The van der Waals surface area contributed by atoms with Gasteiger partial charge in [0.15, 0.2) is 0 Å². The van der Waals surface area contributed by atoms with E-state index in [2.05, 4.69) is 12.2 Å². The minimum absolute atomic E-state index is 0.276. The summed E-state index contributed by atoms with van der Waals surface area (Å²) < 4.78 is 5.53. The third-order valence-electron chi connectivity index (χ3n) is 3.58. The Hall–Kier alpha value is -0.610. The van der Waals surface area contributed by atoms with E-state index in [1.54, 1.807) is 0 Å². The highest BCUT2D eigenvalue weighted by atomic mass is 16.5. The van der Waals surface area contributed by atoms with Crippen molar-refractivity contribution in [1.29, 1.82) is 0 Å².